The van der Waals surface area contributed by atoms with E-state index in [0.717, 1.165) is 12.8 Å². The van der Waals surface area contributed by atoms with Gasteiger partial charge in [-0.2, -0.15) is 0 Å². The summed E-state index contributed by atoms with van der Waals surface area (Å²) in [5, 5.41) is 2.72. The third-order valence-corrected chi connectivity index (χ3v) is 8.98. The molecule has 2 aromatic rings. The number of nitrogens with zero attached hydrogens (tertiary/aromatic N) is 2. The standard InChI is InChI=1S/C39H56N2O5/c1-5-6-7-8-9-10-11-12-13-14-15-16-23-28-35(43)46-31-39(30-29-34(42)38(2,3)4)36(44)40(32-24-19-17-20-25-32)41(37(39)45)33-26-21-18-22-27-33/h17-22,24-27H,5-16,23,28-31H2,1-4H3. The molecule has 0 atom stereocenters. The van der Waals surface area contributed by atoms with Gasteiger partial charge in [-0.1, -0.05) is 141 Å². The number of hydrogen-bond acceptors (Lipinski definition) is 5. The van der Waals surface area contributed by atoms with Crippen LogP contribution in [0, 0.1) is 10.8 Å². The number of carbonyl (C=O) groups excluding carboxylic acids is 4. The highest BCUT2D eigenvalue weighted by atomic mass is 16.5. The van der Waals surface area contributed by atoms with Gasteiger partial charge in [0.25, 0.3) is 11.8 Å². The molecule has 252 valence electrons. The first-order valence-electron chi connectivity index (χ1n) is 17.6. The lowest BCUT2D eigenvalue weighted by molar-refractivity contribution is -0.152. The van der Waals surface area contributed by atoms with Crippen LogP contribution in [0.1, 0.15) is 130 Å². The van der Waals surface area contributed by atoms with Crippen LogP contribution in [0.25, 0.3) is 0 Å². The summed E-state index contributed by atoms with van der Waals surface area (Å²) in [6, 6.07) is 17.9. The number of unbranched alkanes of at least 4 members (excludes halogenated alkanes) is 12. The number of ether oxygens (including phenoxy) is 1. The quantitative estimate of drug-likeness (QED) is 0.0778. The van der Waals surface area contributed by atoms with Crippen molar-refractivity contribution in [1.29, 1.82) is 0 Å². The first-order valence-corrected chi connectivity index (χ1v) is 17.6. The number of rotatable bonds is 21. The van der Waals surface area contributed by atoms with Crippen LogP contribution in [0.4, 0.5) is 11.4 Å². The summed E-state index contributed by atoms with van der Waals surface area (Å²) >= 11 is 0. The summed E-state index contributed by atoms with van der Waals surface area (Å²) in [5.74, 6) is -1.48. The molecule has 1 aliphatic rings. The van der Waals surface area contributed by atoms with Gasteiger partial charge in [0, 0.05) is 18.3 Å². The van der Waals surface area contributed by atoms with Gasteiger partial charge in [-0.25, -0.2) is 10.0 Å². The van der Waals surface area contributed by atoms with Crippen molar-refractivity contribution in [2.45, 2.75) is 130 Å². The minimum Gasteiger partial charge on any atom is -0.464 e. The zero-order valence-corrected chi connectivity index (χ0v) is 28.7. The molecule has 0 spiro atoms. The van der Waals surface area contributed by atoms with Crippen molar-refractivity contribution < 1.29 is 23.9 Å². The molecule has 0 saturated carbocycles. The molecule has 1 saturated heterocycles. The summed E-state index contributed by atoms with van der Waals surface area (Å²) in [4.78, 5) is 54.6. The largest absolute Gasteiger partial charge is 0.464 e. The van der Waals surface area contributed by atoms with E-state index in [1.807, 2.05) is 32.9 Å². The fourth-order valence-corrected chi connectivity index (χ4v) is 5.96. The molecule has 7 heteroatoms. The highest BCUT2D eigenvalue weighted by molar-refractivity contribution is 6.26. The molecule has 1 heterocycles. The fourth-order valence-electron chi connectivity index (χ4n) is 5.96. The number of anilines is 2. The zero-order chi connectivity index (χ0) is 33.4. The Labute approximate surface area is 277 Å². The van der Waals surface area contributed by atoms with Gasteiger partial charge in [0.05, 0.1) is 11.4 Å². The van der Waals surface area contributed by atoms with Crippen LogP contribution in [0.5, 0.6) is 0 Å². The summed E-state index contributed by atoms with van der Waals surface area (Å²) in [6.45, 7) is 7.32. The monoisotopic (exact) mass is 632 g/mol. The molecule has 0 aromatic heterocycles. The molecule has 0 N–H and O–H groups in total. The fraction of sp³-hybridized carbons (Fsp3) is 0.590. The molecule has 1 fully saturated rings. The van der Waals surface area contributed by atoms with E-state index in [-0.39, 0.29) is 25.0 Å². The Bertz CT molecular complexity index is 1180. The Morgan fingerprint density at radius 3 is 1.46 bits per heavy atom. The first kappa shape index (κ1) is 37.0. The molecule has 46 heavy (non-hydrogen) atoms. The third kappa shape index (κ3) is 10.5. The Balaban J connectivity index is 1.61. The predicted octanol–water partition coefficient (Wildman–Crippen LogP) is 9.39. The summed E-state index contributed by atoms with van der Waals surface area (Å²) in [6.07, 6.45) is 16.0. The van der Waals surface area contributed by atoms with Crippen LogP contribution in [0.2, 0.25) is 0 Å². The summed E-state index contributed by atoms with van der Waals surface area (Å²) in [7, 11) is 0. The summed E-state index contributed by atoms with van der Waals surface area (Å²) < 4.78 is 5.72. The van der Waals surface area contributed by atoms with E-state index in [1.165, 1.54) is 74.2 Å². The molecule has 0 unspecified atom stereocenters. The molecule has 7 nitrogen and oxygen atoms in total. The Morgan fingerprint density at radius 1 is 0.630 bits per heavy atom. The molecular formula is C39H56N2O5. The van der Waals surface area contributed by atoms with Crippen molar-refractivity contribution in [3.63, 3.8) is 0 Å². The molecule has 3 rings (SSSR count). The molecule has 0 radical (unpaired) electrons. The molecular weight excluding hydrogens is 576 g/mol. The van der Waals surface area contributed by atoms with E-state index in [1.54, 1.807) is 48.5 Å². The maximum absolute atomic E-state index is 14.3. The predicted molar refractivity (Wildman–Crippen MR) is 185 cm³/mol. The average Bonchev–Trinajstić information content (AvgIpc) is 3.27. The van der Waals surface area contributed by atoms with E-state index in [0.29, 0.717) is 17.8 Å². The van der Waals surface area contributed by atoms with Crippen LogP contribution in [-0.2, 0) is 23.9 Å². The number of Topliss-reactive ketones (excluding diaryl/α,β-unsaturated/α-hetero) is 1. The van der Waals surface area contributed by atoms with Gasteiger partial charge < -0.3 is 4.74 Å². The van der Waals surface area contributed by atoms with Gasteiger partial charge in [0.15, 0.2) is 5.41 Å². The van der Waals surface area contributed by atoms with Crippen molar-refractivity contribution in [2.24, 2.45) is 10.8 Å². The van der Waals surface area contributed by atoms with Crippen LogP contribution >= 0.6 is 0 Å². The van der Waals surface area contributed by atoms with Gasteiger partial charge in [0.2, 0.25) is 0 Å². The van der Waals surface area contributed by atoms with Crippen molar-refractivity contribution in [2.75, 3.05) is 16.6 Å². The van der Waals surface area contributed by atoms with Crippen LogP contribution in [-0.4, -0.2) is 30.2 Å². The second-order valence-electron chi connectivity index (χ2n) is 13.8. The van der Waals surface area contributed by atoms with Gasteiger partial charge >= 0.3 is 5.97 Å². The highest BCUT2D eigenvalue weighted by Gasteiger charge is 2.60. The molecule has 2 amide bonds. The topological polar surface area (TPSA) is 84.0 Å². The summed E-state index contributed by atoms with van der Waals surface area (Å²) in [5.41, 5.74) is -1.30. The van der Waals surface area contributed by atoms with Crippen LogP contribution < -0.4 is 10.0 Å². The lowest BCUT2D eigenvalue weighted by Gasteiger charge is -2.27. The lowest BCUT2D eigenvalue weighted by Crippen LogP contribution is -2.42. The number of benzene rings is 2. The Hall–Kier alpha value is -3.48. The van der Waals surface area contributed by atoms with Gasteiger partial charge in [0.1, 0.15) is 12.4 Å². The normalized spacial score (nSPS) is 14.6. The van der Waals surface area contributed by atoms with E-state index in [2.05, 4.69) is 6.92 Å². The average molecular weight is 633 g/mol. The van der Waals surface area contributed by atoms with Gasteiger partial charge in [-0.3, -0.25) is 19.2 Å². The number of hydrogen-bond donors (Lipinski definition) is 0. The van der Waals surface area contributed by atoms with Crippen molar-refractivity contribution >= 4 is 34.9 Å². The van der Waals surface area contributed by atoms with E-state index < -0.39 is 35.2 Å². The number of para-hydroxylation sites is 2. The second-order valence-corrected chi connectivity index (χ2v) is 13.8. The van der Waals surface area contributed by atoms with Crippen molar-refractivity contribution in [3.8, 4) is 0 Å². The number of amides is 2. The van der Waals surface area contributed by atoms with E-state index >= 15 is 0 Å². The number of ketones is 1. The van der Waals surface area contributed by atoms with Gasteiger partial charge in [-0.05, 0) is 37.1 Å². The molecule has 0 aliphatic carbocycles. The second kappa shape index (κ2) is 18.6. The van der Waals surface area contributed by atoms with Gasteiger partial charge in [-0.15, -0.1) is 0 Å². The first-order chi connectivity index (χ1) is 22.1. The number of carbonyl (C=O) groups is 4. The Morgan fingerprint density at radius 2 is 1.04 bits per heavy atom. The van der Waals surface area contributed by atoms with Crippen LogP contribution in [0.3, 0.4) is 0 Å². The molecule has 1 aliphatic heterocycles. The number of hydrazine groups is 1. The maximum atomic E-state index is 14.3. The number of esters is 1. The Kier molecular flexibility index (Phi) is 15.0. The minimum absolute atomic E-state index is 0.0165. The lowest BCUT2D eigenvalue weighted by atomic mass is 9.78. The third-order valence-electron chi connectivity index (χ3n) is 8.98. The molecule has 0 bridgehead atoms. The van der Waals surface area contributed by atoms with E-state index in [4.69, 9.17) is 4.74 Å². The van der Waals surface area contributed by atoms with Crippen molar-refractivity contribution in [3.05, 3.63) is 60.7 Å². The van der Waals surface area contributed by atoms with Crippen LogP contribution in [0.15, 0.2) is 60.7 Å². The minimum atomic E-state index is -1.71. The molecule has 2 aromatic carbocycles. The van der Waals surface area contributed by atoms with E-state index in [9.17, 15) is 19.2 Å². The SMILES string of the molecule is CCCCCCCCCCCCCCCC(=O)OCC1(CCC(=O)C(C)(C)C)C(=O)N(c2ccccc2)N(c2ccccc2)C1=O. The highest BCUT2D eigenvalue weighted by Crippen LogP contribution is 2.42. The maximum Gasteiger partial charge on any atom is 0.305 e. The zero-order valence-electron chi connectivity index (χ0n) is 28.7. The van der Waals surface area contributed by atoms with Crippen molar-refractivity contribution in [1.82, 2.24) is 0 Å². The smallest absolute Gasteiger partial charge is 0.305 e.